The van der Waals surface area contributed by atoms with E-state index < -0.39 is 23.2 Å². The van der Waals surface area contributed by atoms with Gasteiger partial charge in [-0.2, -0.15) is 0 Å². The topological polar surface area (TPSA) is 113 Å². The minimum atomic E-state index is -0.772. The third-order valence-electron chi connectivity index (χ3n) is 3.75. The lowest BCUT2D eigenvalue weighted by atomic mass is 10.2. The summed E-state index contributed by atoms with van der Waals surface area (Å²) in [5.41, 5.74) is 0.536. The van der Waals surface area contributed by atoms with Crippen LogP contribution in [0.25, 0.3) is 0 Å². The Balaban J connectivity index is 1.98. The zero-order valence-corrected chi connectivity index (χ0v) is 13.4. The number of likely N-dealkylation sites (N-methyl/N-ethyl adjacent to an activating group) is 1. The lowest BCUT2D eigenvalue weighted by molar-refractivity contribution is -0.384. The number of carbonyl (C=O) groups excluding carboxylic acids is 2. The van der Waals surface area contributed by atoms with E-state index in [1.807, 2.05) is 0 Å². The molecule has 1 fully saturated rings. The number of rotatable bonds is 4. The summed E-state index contributed by atoms with van der Waals surface area (Å²) in [6.45, 7) is -0.0460. The molecule has 9 nitrogen and oxygen atoms in total. The molecule has 2 atom stereocenters. The van der Waals surface area contributed by atoms with Crippen molar-refractivity contribution in [3.05, 3.63) is 39.9 Å². The second-order valence-electron chi connectivity index (χ2n) is 5.77. The van der Waals surface area contributed by atoms with Crippen molar-refractivity contribution in [3.8, 4) is 0 Å². The number of carbonyl (C=O) groups is 2. The van der Waals surface area contributed by atoms with Crippen LogP contribution in [-0.2, 0) is 16.1 Å². The summed E-state index contributed by atoms with van der Waals surface area (Å²) in [6, 6.07) is 4.88. The predicted molar refractivity (Wildman–Crippen MR) is 83.1 cm³/mol. The summed E-state index contributed by atoms with van der Waals surface area (Å²) < 4.78 is 5.16. The number of aliphatic hydroxyl groups excluding tert-OH is 1. The first-order valence-corrected chi connectivity index (χ1v) is 7.35. The van der Waals surface area contributed by atoms with Crippen molar-refractivity contribution < 1.29 is 24.4 Å². The monoisotopic (exact) mass is 337 g/mol. The van der Waals surface area contributed by atoms with E-state index in [1.54, 1.807) is 14.1 Å². The van der Waals surface area contributed by atoms with Gasteiger partial charge in [-0.3, -0.25) is 19.8 Å². The van der Waals surface area contributed by atoms with Crippen LogP contribution in [0.2, 0.25) is 0 Å². The Hall–Kier alpha value is -2.68. The number of non-ortho nitro benzene ring substituents is 1. The summed E-state index contributed by atoms with van der Waals surface area (Å²) in [5, 5.41) is 20.3. The van der Waals surface area contributed by atoms with E-state index in [0.29, 0.717) is 5.56 Å². The number of aliphatic hydroxyl groups is 1. The van der Waals surface area contributed by atoms with E-state index in [-0.39, 0.29) is 31.2 Å². The van der Waals surface area contributed by atoms with E-state index in [0.717, 1.165) is 0 Å². The average molecular weight is 337 g/mol. The Morgan fingerprint density at radius 3 is 2.54 bits per heavy atom. The van der Waals surface area contributed by atoms with Crippen molar-refractivity contribution in [2.75, 3.05) is 20.6 Å². The Kier molecular flexibility index (Phi) is 5.35. The second-order valence-corrected chi connectivity index (χ2v) is 5.77. The highest BCUT2D eigenvalue weighted by molar-refractivity contribution is 5.86. The van der Waals surface area contributed by atoms with Crippen LogP contribution in [0, 0.1) is 10.1 Å². The molecule has 1 aromatic carbocycles. The molecule has 24 heavy (non-hydrogen) atoms. The number of β-amino-alcohol motifs (C(OH)–C–C–N with tert-alkyl or cyclic N) is 1. The summed E-state index contributed by atoms with van der Waals surface area (Å²) in [6.07, 6.45) is -1.31. The van der Waals surface area contributed by atoms with Crippen molar-refractivity contribution in [2.45, 2.75) is 25.2 Å². The van der Waals surface area contributed by atoms with Gasteiger partial charge in [0.2, 0.25) is 5.91 Å². The van der Waals surface area contributed by atoms with Gasteiger partial charge in [-0.05, 0) is 17.7 Å². The lowest BCUT2D eigenvalue weighted by Crippen LogP contribution is -2.45. The molecular formula is C15H19N3O6. The second kappa shape index (κ2) is 7.26. The van der Waals surface area contributed by atoms with Crippen LogP contribution in [0.1, 0.15) is 12.0 Å². The Labute approximate surface area is 138 Å². The van der Waals surface area contributed by atoms with Crippen LogP contribution in [-0.4, -0.2) is 64.6 Å². The van der Waals surface area contributed by atoms with E-state index >= 15 is 0 Å². The molecule has 1 aromatic rings. The molecule has 2 rings (SSSR count). The van der Waals surface area contributed by atoms with Gasteiger partial charge in [0.25, 0.3) is 5.69 Å². The van der Waals surface area contributed by atoms with Crippen molar-refractivity contribution >= 4 is 17.7 Å². The largest absolute Gasteiger partial charge is 0.445 e. The molecule has 1 aliphatic heterocycles. The van der Waals surface area contributed by atoms with Crippen LogP contribution in [0.5, 0.6) is 0 Å². The zero-order valence-electron chi connectivity index (χ0n) is 13.4. The molecule has 0 unspecified atom stereocenters. The van der Waals surface area contributed by atoms with Crippen LogP contribution >= 0.6 is 0 Å². The van der Waals surface area contributed by atoms with Gasteiger partial charge >= 0.3 is 6.09 Å². The SMILES string of the molecule is CN(C)C(=O)[C@@H]1C[C@@H](O)CN1C(=O)OCc1ccc([N+](=O)[O-])cc1. The number of hydrogen-bond donors (Lipinski definition) is 1. The molecule has 1 heterocycles. The predicted octanol–water partition coefficient (Wildman–Crippen LogP) is 0.755. The highest BCUT2D eigenvalue weighted by Gasteiger charge is 2.40. The highest BCUT2D eigenvalue weighted by Crippen LogP contribution is 2.21. The first kappa shape index (κ1) is 17.7. The fourth-order valence-electron chi connectivity index (χ4n) is 2.49. The normalized spacial score (nSPS) is 19.9. The standard InChI is InChI=1S/C15H19N3O6/c1-16(2)14(20)13-7-12(19)8-17(13)15(21)24-9-10-3-5-11(6-4-10)18(22)23/h3-6,12-13,19H,7-9H2,1-2H3/t12-,13+/m1/s1. The molecule has 0 aliphatic carbocycles. The van der Waals surface area contributed by atoms with Gasteiger partial charge in [-0.15, -0.1) is 0 Å². The fourth-order valence-corrected chi connectivity index (χ4v) is 2.49. The van der Waals surface area contributed by atoms with E-state index in [1.165, 1.54) is 34.1 Å². The van der Waals surface area contributed by atoms with Crippen molar-refractivity contribution in [2.24, 2.45) is 0 Å². The summed E-state index contributed by atoms with van der Waals surface area (Å²) in [7, 11) is 3.15. The van der Waals surface area contributed by atoms with Crippen LogP contribution in [0.4, 0.5) is 10.5 Å². The fraction of sp³-hybridized carbons (Fsp3) is 0.467. The molecule has 1 saturated heterocycles. The molecule has 0 radical (unpaired) electrons. The number of nitro benzene ring substituents is 1. The third-order valence-corrected chi connectivity index (χ3v) is 3.75. The van der Waals surface area contributed by atoms with Gasteiger partial charge in [0, 0.05) is 32.6 Å². The van der Waals surface area contributed by atoms with Crippen LogP contribution in [0.3, 0.4) is 0 Å². The number of hydrogen-bond acceptors (Lipinski definition) is 6. The first-order chi connectivity index (χ1) is 11.3. The van der Waals surface area contributed by atoms with E-state index in [4.69, 9.17) is 4.74 Å². The number of amides is 2. The molecule has 9 heteroatoms. The summed E-state index contributed by atoms with van der Waals surface area (Å²) in [4.78, 5) is 36.9. The van der Waals surface area contributed by atoms with Gasteiger partial charge in [-0.1, -0.05) is 0 Å². The molecule has 1 aliphatic rings. The lowest BCUT2D eigenvalue weighted by Gasteiger charge is -2.25. The van der Waals surface area contributed by atoms with E-state index in [9.17, 15) is 24.8 Å². The molecular weight excluding hydrogens is 318 g/mol. The maximum atomic E-state index is 12.2. The smallest absolute Gasteiger partial charge is 0.410 e. The molecule has 1 N–H and O–H groups in total. The van der Waals surface area contributed by atoms with Crippen molar-refractivity contribution in [3.63, 3.8) is 0 Å². The van der Waals surface area contributed by atoms with Gasteiger partial charge in [0.05, 0.1) is 17.6 Å². The van der Waals surface area contributed by atoms with Gasteiger partial charge in [-0.25, -0.2) is 4.79 Å². The molecule has 0 saturated carbocycles. The summed E-state index contributed by atoms with van der Waals surface area (Å²) >= 11 is 0. The number of likely N-dealkylation sites (tertiary alicyclic amines) is 1. The van der Waals surface area contributed by atoms with Crippen molar-refractivity contribution in [1.29, 1.82) is 0 Å². The molecule has 2 amide bonds. The van der Waals surface area contributed by atoms with E-state index in [2.05, 4.69) is 0 Å². The van der Waals surface area contributed by atoms with Crippen LogP contribution in [0.15, 0.2) is 24.3 Å². The number of ether oxygens (including phenoxy) is 1. The maximum Gasteiger partial charge on any atom is 0.410 e. The van der Waals surface area contributed by atoms with Gasteiger partial charge < -0.3 is 14.7 Å². The molecule has 0 aromatic heterocycles. The first-order valence-electron chi connectivity index (χ1n) is 7.35. The van der Waals surface area contributed by atoms with Crippen LogP contribution < -0.4 is 0 Å². The Morgan fingerprint density at radius 2 is 2.00 bits per heavy atom. The molecule has 0 spiro atoms. The number of nitrogens with zero attached hydrogens (tertiary/aromatic N) is 3. The highest BCUT2D eigenvalue weighted by atomic mass is 16.6. The van der Waals surface area contributed by atoms with Crippen molar-refractivity contribution in [1.82, 2.24) is 9.80 Å². The minimum Gasteiger partial charge on any atom is -0.445 e. The molecule has 0 bridgehead atoms. The Morgan fingerprint density at radius 1 is 1.38 bits per heavy atom. The number of benzene rings is 1. The maximum absolute atomic E-state index is 12.2. The van der Waals surface area contributed by atoms with Gasteiger partial charge in [0.1, 0.15) is 12.6 Å². The third kappa shape index (κ3) is 3.99. The zero-order chi connectivity index (χ0) is 17.9. The number of nitro groups is 1. The minimum absolute atomic E-state index is 0.0311. The summed E-state index contributed by atoms with van der Waals surface area (Å²) in [5.74, 6) is -0.279. The Bertz CT molecular complexity index is 631. The molecule has 130 valence electrons. The van der Waals surface area contributed by atoms with Gasteiger partial charge in [0.15, 0.2) is 0 Å². The average Bonchev–Trinajstić information content (AvgIpc) is 2.94. The quantitative estimate of drug-likeness (QED) is 0.641.